The van der Waals surface area contributed by atoms with Gasteiger partial charge in [0, 0.05) is 0 Å². The molecular formula is C23H33N3O5. The van der Waals surface area contributed by atoms with Crippen LogP contribution >= 0.6 is 0 Å². The highest BCUT2D eigenvalue weighted by molar-refractivity contribution is 6.21. The van der Waals surface area contributed by atoms with Crippen LogP contribution in [0.2, 0.25) is 0 Å². The maximum Gasteiger partial charge on any atom is 0.428 e. The Morgan fingerprint density at radius 1 is 1.16 bits per heavy atom. The van der Waals surface area contributed by atoms with Gasteiger partial charge < -0.3 is 9.84 Å². The fraction of sp³-hybridized carbons (Fsp3) is 0.565. The molecule has 170 valence electrons. The van der Waals surface area contributed by atoms with Gasteiger partial charge in [-0.15, -0.1) is 0 Å². The standard InChI is InChI=1S/C23H33N3O5/c1-9-23(10-2)17-15(26(18(23)27)20(29)30)12-11-14(16(17)21(3,4)5)13-24-25-19(28)31-22(6,7)8/h11-13H,9-10H2,1-8H3,(H,25,28)(H,29,30)/b24-13+. The zero-order valence-corrected chi connectivity index (χ0v) is 19.6. The van der Waals surface area contributed by atoms with Crippen LogP contribution in [0.3, 0.4) is 0 Å². The maximum atomic E-state index is 13.3. The highest BCUT2D eigenvalue weighted by Crippen LogP contribution is 2.51. The van der Waals surface area contributed by atoms with Gasteiger partial charge in [0.1, 0.15) is 5.60 Å². The van der Waals surface area contributed by atoms with Crippen molar-refractivity contribution in [1.82, 2.24) is 5.43 Å². The van der Waals surface area contributed by atoms with Gasteiger partial charge >= 0.3 is 12.2 Å². The zero-order valence-electron chi connectivity index (χ0n) is 19.6. The number of benzene rings is 1. The number of carbonyl (C=O) groups is 3. The lowest BCUT2D eigenvalue weighted by Gasteiger charge is -2.32. The van der Waals surface area contributed by atoms with Gasteiger partial charge in [0.25, 0.3) is 0 Å². The van der Waals surface area contributed by atoms with Crippen LogP contribution in [-0.2, 0) is 20.4 Å². The fourth-order valence-corrected chi connectivity index (χ4v) is 4.18. The van der Waals surface area contributed by atoms with Crippen LogP contribution in [0.25, 0.3) is 0 Å². The van der Waals surface area contributed by atoms with Gasteiger partial charge in [-0.05, 0) is 61.8 Å². The quantitative estimate of drug-likeness (QED) is 0.519. The predicted octanol–water partition coefficient (Wildman–Crippen LogP) is 4.93. The molecule has 1 aromatic carbocycles. The number of ether oxygens (including phenoxy) is 1. The average molecular weight is 432 g/mol. The molecule has 31 heavy (non-hydrogen) atoms. The van der Waals surface area contributed by atoms with E-state index < -0.39 is 34.5 Å². The molecule has 0 bridgehead atoms. The summed E-state index contributed by atoms with van der Waals surface area (Å²) in [6, 6.07) is 3.36. The molecule has 2 N–H and O–H groups in total. The zero-order chi connectivity index (χ0) is 23.8. The van der Waals surface area contributed by atoms with E-state index in [1.165, 1.54) is 6.21 Å². The number of rotatable bonds is 4. The summed E-state index contributed by atoms with van der Waals surface area (Å²) < 4.78 is 5.19. The van der Waals surface area contributed by atoms with Crippen LogP contribution in [0, 0.1) is 0 Å². The number of hydrazone groups is 1. The number of hydrogen-bond donors (Lipinski definition) is 2. The fourth-order valence-electron chi connectivity index (χ4n) is 4.18. The lowest BCUT2D eigenvalue weighted by molar-refractivity contribution is -0.123. The van der Waals surface area contributed by atoms with Gasteiger partial charge in [-0.2, -0.15) is 5.10 Å². The number of hydrogen-bond acceptors (Lipinski definition) is 5. The molecule has 1 aliphatic heterocycles. The monoisotopic (exact) mass is 431 g/mol. The van der Waals surface area contributed by atoms with E-state index in [1.54, 1.807) is 32.9 Å². The van der Waals surface area contributed by atoms with Crippen molar-refractivity contribution in [3.8, 4) is 0 Å². The lowest BCUT2D eigenvalue weighted by Crippen LogP contribution is -2.42. The Hall–Kier alpha value is -2.90. The van der Waals surface area contributed by atoms with Gasteiger partial charge in [-0.3, -0.25) is 4.79 Å². The minimum Gasteiger partial charge on any atom is -0.464 e. The van der Waals surface area contributed by atoms with Gasteiger partial charge in [-0.1, -0.05) is 40.7 Å². The van der Waals surface area contributed by atoms with E-state index >= 15 is 0 Å². The first-order valence-electron chi connectivity index (χ1n) is 10.5. The number of carboxylic acid groups (broad SMARTS) is 1. The summed E-state index contributed by atoms with van der Waals surface area (Å²) >= 11 is 0. The van der Waals surface area contributed by atoms with E-state index in [2.05, 4.69) is 10.5 Å². The first-order valence-corrected chi connectivity index (χ1v) is 10.5. The Labute approximate surface area is 183 Å². The average Bonchev–Trinajstić information content (AvgIpc) is 2.87. The summed E-state index contributed by atoms with van der Waals surface area (Å²) in [5, 5.41) is 13.8. The Bertz CT molecular complexity index is 918. The minimum atomic E-state index is -1.29. The van der Waals surface area contributed by atoms with Crippen molar-refractivity contribution in [2.45, 2.75) is 84.7 Å². The summed E-state index contributed by atoms with van der Waals surface area (Å²) in [5.74, 6) is -0.425. The van der Waals surface area contributed by atoms with Crippen molar-refractivity contribution in [3.63, 3.8) is 0 Å². The third-order valence-corrected chi connectivity index (χ3v) is 5.45. The smallest absolute Gasteiger partial charge is 0.428 e. The van der Waals surface area contributed by atoms with E-state index in [0.717, 1.165) is 16.0 Å². The maximum absolute atomic E-state index is 13.3. The largest absolute Gasteiger partial charge is 0.464 e. The van der Waals surface area contributed by atoms with Gasteiger partial charge in [0.2, 0.25) is 5.91 Å². The summed E-state index contributed by atoms with van der Waals surface area (Å²) in [5.41, 5.74) is 3.01. The van der Waals surface area contributed by atoms with Crippen molar-refractivity contribution in [1.29, 1.82) is 0 Å². The van der Waals surface area contributed by atoms with E-state index in [1.807, 2.05) is 34.6 Å². The predicted molar refractivity (Wildman–Crippen MR) is 120 cm³/mol. The minimum absolute atomic E-state index is 0.392. The van der Waals surface area contributed by atoms with Gasteiger partial charge in [-0.25, -0.2) is 19.9 Å². The first kappa shape index (κ1) is 24.4. The normalized spacial score (nSPS) is 15.9. The second-order valence-electron chi connectivity index (χ2n) is 9.76. The second kappa shape index (κ2) is 8.32. The van der Waals surface area contributed by atoms with E-state index in [9.17, 15) is 19.5 Å². The molecule has 0 fully saturated rings. The molecule has 8 nitrogen and oxygen atoms in total. The molecule has 8 heteroatoms. The number of carbonyl (C=O) groups excluding carboxylic acids is 2. The molecule has 0 radical (unpaired) electrons. The number of nitrogens with one attached hydrogen (secondary N) is 1. The molecular weight excluding hydrogens is 398 g/mol. The van der Waals surface area contributed by atoms with Crippen LogP contribution < -0.4 is 10.3 Å². The van der Waals surface area contributed by atoms with Gasteiger partial charge in [0.05, 0.1) is 17.3 Å². The van der Waals surface area contributed by atoms with Crippen LogP contribution in [-0.4, -0.2) is 35.0 Å². The van der Waals surface area contributed by atoms with Crippen LogP contribution in [0.4, 0.5) is 15.3 Å². The SMILES string of the molecule is CCC1(CC)C(=O)N(C(=O)O)c2ccc(/C=N/NC(=O)OC(C)(C)C)c(C(C)(C)C)c21. The highest BCUT2D eigenvalue weighted by atomic mass is 16.6. The summed E-state index contributed by atoms with van der Waals surface area (Å²) in [6.45, 7) is 15.1. The summed E-state index contributed by atoms with van der Waals surface area (Å²) in [7, 11) is 0. The Morgan fingerprint density at radius 2 is 1.74 bits per heavy atom. The molecule has 0 aliphatic carbocycles. The number of imide groups is 1. The topological polar surface area (TPSA) is 108 Å². The number of amides is 3. The number of fused-ring (bicyclic) bond motifs is 1. The molecule has 0 atom stereocenters. The molecule has 1 aliphatic rings. The molecule has 1 heterocycles. The Kier molecular flexibility index (Phi) is 6.54. The highest BCUT2D eigenvalue weighted by Gasteiger charge is 2.53. The van der Waals surface area contributed by atoms with Crippen molar-refractivity contribution >= 4 is 30.0 Å². The van der Waals surface area contributed by atoms with Crippen LogP contribution in [0.15, 0.2) is 17.2 Å². The van der Waals surface area contributed by atoms with Crippen molar-refractivity contribution in [2.24, 2.45) is 5.10 Å². The molecule has 2 rings (SSSR count). The Morgan fingerprint density at radius 3 is 2.19 bits per heavy atom. The third kappa shape index (κ3) is 4.57. The Balaban J connectivity index is 2.64. The van der Waals surface area contributed by atoms with Gasteiger partial charge in [0.15, 0.2) is 0 Å². The van der Waals surface area contributed by atoms with Crippen molar-refractivity contribution in [3.05, 3.63) is 28.8 Å². The molecule has 0 aromatic heterocycles. The molecule has 3 amide bonds. The lowest BCUT2D eigenvalue weighted by atomic mass is 9.69. The first-order chi connectivity index (χ1) is 14.2. The van der Waals surface area contributed by atoms with Crippen LogP contribution in [0.1, 0.15) is 84.9 Å². The van der Waals surface area contributed by atoms with Crippen molar-refractivity contribution < 1.29 is 24.2 Å². The van der Waals surface area contributed by atoms with Crippen molar-refractivity contribution in [2.75, 3.05) is 4.90 Å². The summed E-state index contributed by atoms with van der Waals surface area (Å²) in [4.78, 5) is 37.9. The van der Waals surface area contributed by atoms with E-state index in [-0.39, 0.29) is 0 Å². The second-order valence-corrected chi connectivity index (χ2v) is 9.76. The molecule has 0 saturated heterocycles. The molecule has 0 saturated carbocycles. The molecule has 1 aromatic rings. The molecule has 0 spiro atoms. The molecule has 0 unspecified atom stereocenters. The summed E-state index contributed by atoms with van der Waals surface area (Å²) in [6.07, 6.45) is 0.487. The van der Waals surface area contributed by atoms with E-state index in [4.69, 9.17) is 4.74 Å². The number of nitrogens with zero attached hydrogens (tertiary/aromatic N) is 2. The number of anilines is 1. The third-order valence-electron chi connectivity index (χ3n) is 5.45. The van der Waals surface area contributed by atoms with E-state index in [0.29, 0.717) is 24.1 Å². The van der Waals surface area contributed by atoms with Crippen LogP contribution in [0.5, 0.6) is 0 Å².